The summed E-state index contributed by atoms with van der Waals surface area (Å²) < 4.78 is 11.3. The zero-order valence-corrected chi connectivity index (χ0v) is 23.0. The molecule has 0 spiro atoms. The van der Waals surface area contributed by atoms with Crippen LogP contribution in [0.25, 0.3) is 11.1 Å². The van der Waals surface area contributed by atoms with Crippen molar-refractivity contribution >= 4 is 18.2 Å². The molecule has 1 aliphatic carbocycles. The number of hydrogen-bond acceptors (Lipinski definition) is 5. The van der Waals surface area contributed by atoms with Crippen LogP contribution in [0.4, 0.5) is 9.59 Å². The maximum absolute atomic E-state index is 13.3. The number of hydrogen-bond donors (Lipinski definition) is 2. The fraction of sp³-hybridized carbons (Fsp3) is 0.500. The van der Waals surface area contributed by atoms with Gasteiger partial charge in [0.15, 0.2) is 0 Å². The largest absolute Gasteiger partial charge is 0.481 e. The number of carboxylic acids is 1. The quantitative estimate of drug-likeness (QED) is 0.371. The van der Waals surface area contributed by atoms with Gasteiger partial charge in [-0.3, -0.25) is 4.79 Å². The van der Waals surface area contributed by atoms with E-state index in [0.29, 0.717) is 6.42 Å². The van der Waals surface area contributed by atoms with Crippen molar-refractivity contribution in [2.45, 2.75) is 71.4 Å². The summed E-state index contributed by atoms with van der Waals surface area (Å²) in [5.74, 6) is -0.764. The summed E-state index contributed by atoms with van der Waals surface area (Å²) in [6, 6.07) is 15.9. The summed E-state index contributed by atoms with van der Waals surface area (Å²) in [6.07, 6.45) is -0.258. The van der Waals surface area contributed by atoms with E-state index in [1.165, 1.54) is 4.90 Å². The maximum atomic E-state index is 13.3. The van der Waals surface area contributed by atoms with Crippen LogP contribution in [0, 0.1) is 5.92 Å². The normalized spacial score (nSPS) is 13.4. The molecule has 1 aliphatic rings. The average Bonchev–Trinajstić information content (AvgIpc) is 3.13. The van der Waals surface area contributed by atoms with Crippen LogP contribution in [0.3, 0.4) is 0 Å². The van der Waals surface area contributed by atoms with E-state index in [-0.39, 0.29) is 50.4 Å². The zero-order chi connectivity index (χ0) is 27.9. The smallest absolute Gasteiger partial charge is 0.409 e. The molecule has 0 saturated carbocycles. The molecule has 206 valence electrons. The molecule has 38 heavy (non-hydrogen) atoms. The number of rotatable bonds is 11. The number of carboxylic acid groups (broad SMARTS) is 1. The molecule has 2 amide bonds. The number of nitrogens with one attached hydrogen (secondary N) is 1. The van der Waals surface area contributed by atoms with Gasteiger partial charge in [0, 0.05) is 25.4 Å². The first-order valence-electron chi connectivity index (χ1n) is 13.3. The highest BCUT2D eigenvalue weighted by molar-refractivity contribution is 5.79. The lowest BCUT2D eigenvalue weighted by Crippen LogP contribution is -2.48. The van der Waals surface area contributed by atoms with Crippen molar-refractivity contribution in [3.8, 4) is 11.1 Å². The minimum absolute atomic E-state index is 0.0680. The van der Waals surface area contributed by atoms with Gasteiger partial charge < -0.3 is 24.8 Å². The maximum Gasteiger partial charge on any atom is 0.409 e. The molecule has 3 rings (SSSR count). The van der Waals surface area contributed by atoms with Gasteiger partial charge in [-0.05, 0) is 61.8 Å². The number of carbonyl (C=O) groups is 3. The van der Waals surface area contributed by atoms with Gasteiger partial charge in [0.2, 0.25) is 0 Å². The number of nitrogens with zero attached hydrogens (tertiary/aromatic N) is 1. The number of carbonyl (C=O) groups excluding carboxylic acids is 2. The monoisotopic (exact) mass is 524 g/mol. The lowest BCUT2D eigenvalue weighted by atomic mass is 9.98. The Hall–Kier alpha value is -3.55. The third kappa shape index (κ3) is 8.23. The van der Waals surface area contributed by atoms with Gasteiger partial charge in [0.25, 0.3) is 0 Å². The van der Waals surface area contributed by atoms with Crippen molar-refractivity contribution in [2.75, 3.05) is 19.7 Å². The highest BCUT2D eigenvalue weighted by atomic mass is 16.6. The molecule has 0 bridgehead atoms. The number of alkyl carbamates (subject to hydrolysis) is 1. The van der Waals surface area contributed by atoms with Gasteiger partial charge in [0.05, 0.1) is 6.04 Å². The van der Waals surface area contributed by atoms with Gasteiger partial charge in [-0.1, -0.05) is 62.4 Å². The number of ether oxygens (including phenoxy) is 2. The molecule has 8 heteroatoms. The van der Waals surface area contributed by atoms with Crippen LogP contribution in [0.2, 0.25) is 0 Å². The van der Waals surface area contributed by atoms with Crippen LogP contribution in [0.15, 0.2) is 48.5 Å². The Morgan fingerprint density at radius 3 is 2.11 bits per heavy atom. The molecular formula is C30H40N2O6. The van der Waals surface area contributed by atoms with Crippen LogP contribution in [-0.4, -0.2) is 59.5 Å². The Labute approximate surface area is 225 Å². The molecule has 0 aromatic heterocycles. The molecule has 1 atom stereocenters. The zero-order valence-electron chi connectivity index (χ0n) is 23.0. The lowest BCUT2D eigenvalue weighted by molar-refractivity contribution is -0.137. The summed E-state index contributed by atoms with van der Waals surface area (Å²) in [6.45, 7) is 9.99. The lowest BCUT2D eigenvalue weighted by Gasteiger charge is -2.30. The number of amides is 2. The highest BCUT2D eigenvalue weighted by Crippen LogP contribution is 2.44. The van der Waals surface area contributed by atoms with Crippen molar-refractivity contribution < 1.29 is 29.0 Å². The van der Waals surface area contributed by atoms with Crippen molar-refractivity contribution in [1.82, 2.24) is 10.2 Å². The van der Waals surface area contributed by atoms with Gasteiger partial charge in [-0.25, -0.2) is 9.59 Å². The van der Waals surface area contributed by atoms with E-state index in [0.717, 1.165) is 22.3 Å². The van der Waals surface area contributed by atoms with Gasteiger partial charge >= 0.3 is 18.2 Å². The minimum atomic E-state index is -0.928. The molecule has 0 radical (unpaired) electrons. The molecule has 2 N–H and O–H groups in total. The van der Waals surface area contributed by atoms with E-state index in [1.807, 2.05) is 38.1 Å². The topological polar surface area (TPSA) is 105 Å². The Balaban J connectivity index is 1.73. The van der Waals surface area contributed by atoms with Crippen molar-refractivity contribution in [2.24, 2.45) is 5.92 Å². The van der Waals surface area contributed by atoms with E-state index >= 15 is 0 Å². The molecule has 2 aromatic carbocycles. The molecule has 1 unspecified atom stereocenters. The van der Waals surface area contributed by atoms with Crippen LogP contribution >= 0.6 is 0 Å². The molecule has 0 saturated heterocycles. The average molecular weight is 525 g/mol. The molecule has 2 aromatic rings. The minimum Gasteiger partial charge on any atom is -0.481 e. The first-order valence-corrected chi connectivity index (χ1v) is 13.3. The second kappa shape index (κ2) is 12.8. The summed E-state index contributed by atoms with van der Waals surface area (Å²) >= 11 is 0. The second-order valence-electron chi connectivity index (χ2n) is 11.2. The number of fused-ring (bicyclic) bond motifs is 3. The van der Waals surface area contributed by atoms with E-state index in [9.17, 15) is 14.4 Å². The Morgan fingerprint density at radius 2 is 1.58 bits per heavy atom. The predicted octanol–water partition coefficient (Wildman–Crippen LogP) is 6.04. The SMILES string of the molecule is CC(C)CC(CN(CCCC(=O)O)C(=O)OCC1c2ccccc2-c2ccccc21)NC(=O)OC(C)(C)C. The first kappa shape index (κ1) is 29.0. The summed E-state index contributed by atoms with van der Waals surface area (Å²) in [4.78, 5) is 38.5. The fourth-order valence-corrected chi connectivity index (χ4v) is 4.85. The van der Waals surface area contributed by atoms with E-state index in [1.54, 1.807) is 20.8 Å². The molecular weight excluding hydrogens is 484 g/mol. The number of aliphatic carboxylic acids is 1. The Morgan fingerprint density at radius 1 is 1.00 bits per heavy atom. The van der Waals surface area contributed by atoms with E-state index in [4.69, 9.17) is 14.6 Å². The first-order chi connectivity index (χ1) is 17.9. The summed E-state index contributed by atoms with van der Waals surface area (Å²) in [5.41, 5.74) is 3.86. The molecule has 0 heterocycles. The third-order valence-electron chi connectivity index (χ3n) is 6.33. The van der Waals surface area contributed by atoms with Crippen molar-refractivity contribution in [1.29, 1.82) is 0 Å². The molecule has 8 nitrogen and oxygen atoms in total. The second-order valence-corrected chi connectivity index (χ2v) is 11.2. The van der Waals surface area contributed by atoms with Crippen molar-refractivity contribution in [3.63, 3.8) is 0 Å². The molecule has 0 fully saturated rings. The highest BCUT2D eigenvalue weighted by Gasteiger charge is 2.30. The third-order valence-corrected chi connectivity index (χ3v) is 6.33. The fourth-order valence-electron chi connectivity index (χ4n) is 4.85. The predicted molar refractivity (Wildman–Crippen MR) is 146 cm³/mol. The van der Waals surface area contributed by atoms with Crippen molar-refractivity contribution in [3.05, 3.63) is 59.7 Å². The van der Waals surface area contributed by atoms with E-state index < -0.39 is 23.8 Å². The Kier molecular flexibility index (Phi) is 9.78. The summed E-state index contributed by atoms with van der Waals surface area (Å²) in [7, 11) is 0. The van der Waals surface area contributed by atoms with Gasteiger partial charge in [-0.15, -0.1) is 0 Å². The van der Waals surface area contributed by atoms with Gasteiger partial charge in [0.1, 0.15) is 12.2 Å². The summed E-state index contributed by atoms with van der Waals surface area (Å²) in [5, 5.41) is 12.0. The van der Waals surface area contributed by atoms with Crippen LogP contribution < -0.4 is 5.32 Å². The van der Waals surface area contributed by atoms with Crippen LogP contribution in [0.5, 0.6) is 0 Å². The standard InChI is InChI=1S/C30H40N2O6/c1-20(2)17-21(31-28(35)38-30(3,4)5)18-32(16-10-15-27(33)34)29(36)37-19-26-24-13-8-6-11-22(24)23-12-7-9-14-25(23)26/h6-9,11-14,20-21,26H,10,15-19H2,1-5H3,(H,31,35)(H,33,34). The van der Waals surface area contributed by atoms with Crippen LogP contribution in [0.1, 0.15) is 70.9 Å². The Bertz CT molecular complexity index is 1080. The van der Waals surface area contributed by atoms with Gasteiger partial charge in [-0.2, -0.15) is 0 Å². The van der Waals surface area contributed by atoms with E-state index in [2.05, 4.69) is 29.6 Å². The van der Waals surface area contributed by atoms with Crippen LogP contribution in [-0.2, 0) is 14.3 Å². The number of benzene rings is 2. The molecule has 0 aliphatic heterocycles.